The number of aromatic nitrogens is 1. The summed E-state index contributed by atoms with van der Waals surface area (Å²) in [5.74, 6) is -0.0129. The van der Waals surface area contributed by atoms with Gasteiger partial charge in [-0.25, -0.2) is 5.43 Å². The molecule has 28 heavy (non-hydrogen) atoms. The van der Waals surface area contributed by atoms with E-state index in [0.717, 1.165) is 5.56 Å². The molecule has 2 N–H and O–H groups in total. The van der Waals surface area contributed by atoms with Crippen LogP contribution in [-0.2, 0) is 0 Å². The maximum absolute atomic E-state index is 12.3. The second kappa shape index (κ2) is 9.09. The van der Waals surface area contributed by atoms with E-state index in [2.05, 4.69) is 20.8 Å². The van der Waals surface area contributed by atoms with Crippen molar-refractivity contribution in [2.75, 3.05) is 12.4 Å². The van der Waals surface area contributed by atoms with Crippen LogP contribution in [0.25, 0.3) is 0 Å². The number of ether oxygens (including phenoxy) is 1. The van der Waals surface area contributed by atoms with Gasteiger partial charge < -0.3 is 10.1 Å². The summed E-state index contributed by atoms with van der Waals surface area (Å²) in [6, 6.07) is 16.9. The molecular weight excluding hydrogens is 356 g/mol. The molecule has 2 aromatic carbocycles. The third-order valence-corrected chi connectivity index (χ3v) is 3.82. The van der Waals surface area contributed by atoms with E-state index >= 15 is 0 Å². The first-order valence-electron chi connectivity index (χ1n) is 8.44. The van der Waals surface area contributed by atoms with E-state index in [1.807, 2.05) is 0 Å². The Morgan fingerprint density at radius 1 is 0.964 bits per heavy atom. The lowest BCUT2D eigenvalue weighted by Crippen LogP contribution is -2.17. The zero-order chi connectivity index (χ0) is 19.8. The first-order chi connectivity index (χ1) is 13.7. The van der Waals surface area contributed by atoms with Crippen LogP contribution in [0.4, 0.5) is 5.69 Å². The zero-order valence-electron chi connectivity index (χ0n) is 15.1. The highest BCUT2D eigenvalue weighted by atomic mass is 16.5. The number of methoxy groups -OCH3 is 1. The molecule has 3 aromatic rings. The molecule has 0 atom stereocenters. The lowest BCUT2D eigenvalue weighted by atomic mass is 10.1. The van der Waals surface area contributed by atoms with Gasteiger partial charge in [0, 0.05) is 29.2 Å². The van der Waals surface area contributed by atoms with E-state index in [9.17, 15) is 9.59 Å². The summed E-state index contributed by atoms with van der Waals surface area (Å²) in [5.41, 5.74) is 4.75. The summed E-state index contributed by atoms with van der Waals surface area (Å²) in [4.78, 5) is 28.3. The van der Waals surface area contributed by atoms with Gasteiger partial charge in [-0.15, -0.1) is 0 Å². The minimum Gasteiger partial charge on any atom is -0.497 e. The van der Waals surface area contributed by atoms with Crippen molar-refractivity contribution in [3.8, 4) is 5.75 Å². The van der Waals surface area contributed by atoms with Crippen LogP contribution in [0, 0.1) is 0 Å². The average molecular weight is 374 g/mol. The lowest BCUT2D eigenvalue weighted by Gasteiger charge is -2.07. The molecule has 140 valence electrons. The Kier molecular flexibility index (Phi) is 6.10. The third-order valence-electron chi connectivity index (χ3n) is 3.82. The van der Waals surface area contributed by atoms with Crippen LogP contribution in [0.1, 0.15) is 26.3 Å². The zero-order valence-corrected chi connectivity index (χ0v) is 15.1. The first-order valence-corrected chi connectivity index (χ1v) is 8.44. The molecule has 0 saturated carbocycles. The monoisotopic (exact) mass is 374 g/mol. The van der Waals surface area contributed by atoms with Crippen molar-refractivity contribution in [1.82, 2.24) is 10.4 Å². The summed E-state index contributed by atoms with van der Waals surface area (Å²) in [5, 5.41) is 6.69. The molecule has 7 heteroatoms. The van der Waals surface area contributed by atoms with Gasteiger partial charge in [0.2, 0.25) is 0 Å². The minimum absolute atomic E-state index is 0.266. The molecular formula is C21H18N4O3. The number of hydrazone groups is 1. The highest BCUT2D eigenvalue weighted by Crippen LogP contribution is 2.15. The molecule has 0 unspecified atom stereocenters. The Hall–Kier alpha value is -4.00. The molecule has 0 aliphatic rings. The number of pyridine rings is 1. The topological polar surface area (TPSA) is 92.7 Å². The van der Waals surface area contributed by atoms with Crippen molar-refractivity contribution < 1.29 is 14.3 Å². The van der Waals surface area contributed by atoms with Crippen LogP contribution in [0.2, 0.25) is 0 Å². The van der Waals surface area contributed by atoms with E-state index in [4.69, 9.17) is 4.74 Å². The van der Waals surface area contributed by atoms with E-state index < -0.39 is 0 Å². The number of anilines is 1. The number of benzene rings is 2. The molecule has 2 amide bonds. The molecule has 0 aliphatic carbocycles. The predicted molar refractivity (Wildman–Crippen MR) is 107 cm³/mol. The van der Waals surface area contributed by atoms with Gasteiger partial charge >= 0.3 is 0 Å². The Balaban J connectivity index is 1.58. The SMILES string of the molecule is COc1cccc(C(=O)Nc2ccc(C(=O)N/N=C/c3ccncc3)cc2)c1. The number of nitrogens with zero attached hydrogens (tertiary/aromatic N) is 2. The van der Waals surface area contributed by atoms with Gasteiger partial charge in [0.1, 0.15) is 5.75 Å². The van der Waals surface area contributed by atoms with Crippen molar-refractivity contribution in [1.29, 1.82) is 0 Å². The Labute approximate surface area is 162 Å². The predicted octanol–water partition coefficient (Wildman–Crippen LogP) is 3.11. The molecule has 1 heterocycles. The van der Waals surface area contributed by atoms with Gasteiger partial charge in [-0.3, -0.25) is 14.6 Å². The fraction of sp³-hybridized carbons (Fsp3) is 0.0476. The largest absolute Gasteiger partial charge is 0.497 e. The highest BCUT2D eigenvalue weighted by Gasteiger charge is 2.08. The standard InChI is InChI=1S/C21H18N4O3/c1-28-19-4-2-3-17(13-19)20(26)24-18-7-5-16(6-8-18)21(27)25-23-14-15-9-11-22-12-10-15/h2-14H,1H3,(H,24,26)(H,25,27)/b23-14+. The maximum Gasteiger partial charge on any atom is 0.271 e. The highest BCUT2D eigenvalue weighted by molar-refractivity contribution is 6.04. The molecule has 3 rings (SSSR count). The summed E-state index contributed by atoms with van der Waals surface area (Å²) >= 11 is 0. The third kappa shape index (κ3) is 5.01. The van der Waals surface area contributed by atoms with Crippen LogP contribution in [0.5, 0.6) is 5.75 Å². The van der Waals surface area contributed by atoms with E-state index in [1.54, 1.807) is 80.2 Å². The van der Waals surface area contributed by atoms with Gasteiger partial charge in [-0.1, -0.05) is 6.07 Å². The normalized spacial score (nSPS) is 10.5. The molecule has 0 spiro atoms. The van der Waals surface area contributed by atoms with Gasteiger partial charge in [-0.2, -0.15) is 5.10 Å². The summed E-state index contributed by atoms with van der Waals surface area (Å²) in [6.07, 6.45) is 4.81. The number of amides is 2. The van der Waals surface area contributed by atoms with Crippen molar-refractivity contribution >= 4 is 23.7 Å². The van der Waals surface area contributed by atoms with Crippen LogP contribution in [-0.4, -0.2) is 30.1 Å². The van der Waals surface area contributed by atoms with Gasteiger partial charge in [-0.05, 0) is 60.2 Å². The van der Waals surface area contributed by atoms with Crippen molar-refractivity contribution in [3.05, 3.63) is 89.7 Å². The molecule has 0 saturated heterocycles. The van der Waals surface area contributed by atoms with Gasteiger partial charge in [0.05, 0.1) is 13.3 Å². The molecule has 0 bridgehead atoms. The Bertz CT molecular complexity index is 986. The minimum atomic E-state index is -0.351. The number of carbonyl (C=O) groups excluding carboxylic acids is 2. The van der Waals surface area contributed by atoms with Crippen molar-refractivity contribution in [2.45, 2.75) is 0 Å². The van der Waals surface area contributed by atoms with Gasteiger partial charge in [0.25, 0.3) is 11.8 Å². The van der Waals surface area contributed by atoms with Crippen molar-refractivity contribution in [2.24, 2.45) is 5.10 Å². The second-order valence-electron chi connectivity index (χ2n) is 5.74. The Morgan fingerprint density at radius 3 is 2.43 bits per heavy atom. The van der Waals surface area contributed by atoms with Crippen LogP contribution in [0.3, 0.4) is 0 Å². The molecule has 0 radical (unpaired) electrons. The maximum atomic E-state index is 12.3. The number of hydrogen-bond acceptors (Lipinski definition) is 5. The Morgan fingerprint density at radius 2 is 1.71 bits per heavy atom. The number of hydrogen-bond donors (Lipinski definition) is 2. The summed E-state index contributed by atoms with van der Waals surface area (Å²) in [7, 11) is 1.54. The van der Waals surface area contributed by atoms with Gasteiger partial charge in [0.15, 0.2) is 0 Å². The quantitative estimate of drug-likeness (QED) is 0.512. The number of carbonyl (C=O) groups is 2. The van der Waals surface area contributed by atoms with Crippen LogP contribution in [0.15, 0.2) is 78.2 Å². The molecule has 1 aromatic heterocycles. The molecule has 0 aliphatic heterocycles. The molecule has 7 nitrogen and oxygen atoms in total. The van der Waals surface area contributed by atoms with Crippen LogP contribution < -0.4 is 15.5 Å². The second-order valence-corrected chi connectivity index (χ2v) is 5.74. The van der Waals surface area contributed by atoms with E-state index in [1.165, 1.54) is 6.21 Å². The fourth-order valence-corrected chi connectivity index (χ4v) is 2.35. The summed E-state index contributed by atoms with van der Waals surface area (Å²) < 4.78 is 5.12. The van der Waals surface area contributed by atoms with E-state index in [0.29, 0.717) is 22.6 Å². The lowest BCUT2D eigenvalue weighted by molar-refractivity contribution is 0.0954. The van der Waals surface area contributed by atoms with Crippen molar-refractivity contribution in [3.63, 3.8) is 0 Å². The average Bonchev–Trinajstić information content (AvgIpc) is 2.75. The smallest absolute Gasteiger partial charge is 0.271 e. The first kappa shape index (κ1) is 18.8. The number of nitrogens with one attached hydrogen (secondary N) is 2. The van der Waals surface area contributed by atoms with Crippen LogP contribution >= 0.6 is 0 Å². The number of rotatable bonds is 6. The van der Waals surface area contributed by atoms with E-state index in [-0.39, 0.29) is 11.8 Å². The summed E-state index contributed by atoms with van der Waals surface area (Å²) in [6.45, 7) is 0. The molecule has 0 fully saturated rings. The fourth-order valence-electron chi connectivity index (χ4n) is 2.35.